The third-order valence-electron chi connectivity index (χ3n) is 3.16. The van der Waals surface area contributed by atoms with Crippen molar-refractivity contribution in [2.75, 3.05) is 14.2 Å². The Morgan fingerprint density at radius 3 is 2.21 bits per heavy atom. The van der Waals surface area contributed by atoms with Crippen LogP contribution in [-0.4, -0.2) is 24.0 Å². The van der Waals surface area contributed by atoms with Gasteiger partial charge in [-0.2, -0.15) is 5.10 Å². The molecule has 0 amide bonds. The zero-order valence-electron chi connectivity index (χ0n) is 12.2. The third kappa shape index (κ3) is 2.43. The number of aryl methyl sites for hydroxylation is 3. The maximum atomic E-state index is 5.51. The highest BCUT2D eigenvalue weighted by Gasteiger charge is 2.18. The fourth-order valence-electron chi connectivity index (χ4n) is 2.31. The molecule has 1 aromatic heterocycles. The topological polar surface area (TPSA) is 36.3 Å². The van der Waals surface area contributed by atoms with Gasteiger partial charge in [0.2, 0.25) is 0 Å². The fourth-order valence-corrected chi connectivity index (χ4v) is 2.31. The Hall–Kier alpha value is -1.97. The lowest BCUT2D eigenvalue weighted by atomic mass is 10.0. The van der Waals surface area contributed by atoms with Gasteiger partial charge in [0.05, 0.1) is 25.5 Å². The van der Waals surface area contributed by atoms with Crippen molar-refractivity contribution in [1.82, 2.24) is 9.78 Å². The molecule has 0 unspecified atom stereocenters. The Balaban J connectivity index is 2.72. The van der Waals surface area contributed by atoms with Gasteiger partial charge in [-0.05, 0) is 31.0 Å². The highest BCUT2D eigenvalue weighted by atomic mass is 16.5. The number of methoxy groups -OCH3 is 2. The van der Waals surface area contributed by atoms with Crippen LogP contribution in [-0.2, 0) is 13.5 Å². The van der Waals surface area contributed by atoms with Crippen molar-refractivity contribution < 1.29 is 9.47 Å². The van der Waals surface area contributed by atoms with E-state index in [1.165, 1.54) is 0 Å². The molecular weight excluding hydrogens is 240 g/mol. The first-order valence-electron chi connectivity index (χ1n) is 6.36. The molecule has 0 fully saturated rings. The molecule has 1 aromatic carbocycles. The second-order valence-corrected chi connectivity index (χ2v) is 4.56. The van der Waals surface area contributed by atoms with Crippen LogP contribution in [0, 0.1) is 6.92 Å². The van der Waals surface area contributed by atoms with Crippen LogP contribution in [0.3, 0.4) is 0 Å². The van der Waals surface area contributed by atoms with Crippen LogP contribution in [0.1, 0.15) is 18.2 Å². The minimum absolute atomic E-state index is 0.819. The summed E-state index contributed by atoms with van der Waals surface area (Å²) in [6.45, 7) is 4.12. The second-order valence-electron chi connectivity index (χ2n) is 4.56. The molecule has 19 heavy (non-hydrogen) atoms. The van der Waals surface area contributed by atoms with Crippen molar-refractivity contribution >= 4 is 0 Å². The Bertz CT molecular complexity index is 563. The van der Waals surface area contributed by atoms with Crippen LogP contribution in [0.15, 0.2) is 18.3 Å². The first-order chi connectivity index (χ1) is 9.10. The van der Waals surface area contributed by atoms with Gasteiger partial charge in [-0.1, -0.05) is 6.92 Å². The van der Waals surface area contributed by atoms with E-state index < -0.39 is 0 Å². The molecule has 0 aliphatic carbocycles. The van der Waals surface area contributed by atoms with Crippen molar-refractivity contribution in [1.29, 1.82) is 0 Å². The minimum Gasteiger partial charge on any atom is -0.496 e. The Morgan fingerprint density at radius 2 is 1.74 bits per heavy atom. The highest BCUT2D eigenvalue weighted by Crippen LogP contribution is 2.40. The monoisotopic (exact) mass is 260 g/mol. The average molecular weight is 260 g/mol. The lowest BCUT2D eigenvalue weighted by Gasteiger charge is -2.14. The van der Waals surface area contributed by atoms with Gasteiger partial charge in [0, 0.05) is 18.8 Å². The van der Waals surface area contributed by atoms with Crippen molar-refractivity contribution in [2.45, 2.75) is 20.3 Å². The summed E-state index contributed by atoms with van der Waals surface area (Å²) in [7, 11) is 5.29. The Labute approximate surface area is 114 Å². The molecule has 0 spiro atoms. The lowest BCUT2D eigenvalue weighted by Crippen LogP contribution is -1.95. The van der Waals surface area contributed by atoms with Crippen molar-refractivity contribution in [2.24, 2.45) is 7.05 Å². The number of aromatic nitrogens is 2. The molecule has 0 aliphatic rings. The van der Waals surface area contributed by atoms with Crippen LogP contribution in [0.5, 0.6) is 11.5 Å². The number of hydrogen-bond donors (Lipinski definition) is 0. The van der Waals surface area contributed by atoms with Crippen LogP contribution >= 0.6 is 0 Å². The zero-order chi connectivity index (χ0) is 14.0. The second kappa shape index (κ2) is 5.34. The van der Waals surface area contributed by atoms with E-state index in [1.54, 1.807) is 14.2 Å². The summed E-state index contributed by atoms with van der Waals surface area (Å²) < 4.78 is 12.9. The van der Waals surface area contributed by atoms with Crippen molar-refractivity contribution in [3.8, 4) is 22.6 Å². The molecule has 1 heterocycles. The quantitative estimate of drug-likeness (QED) is 0.848. The summed E-state index contributed by atoms with van der Waals surface area (Å²) in [5.41, 5.74) is 4.20. The number of rotatable bonds is 4. The molecular formula is C15H20N2O2. The maximum absolute atomic E-state index is 5.51. The molecule has 0 N–H and O–H groups in total. The molecule has 0 saturated carbocycles. The molecule has 0 aliphatic heterocycles. The molecule has 0 saturated heterocycles. The van der Waals surface area contributed by atoms with E-state index in [9.17, 15) is 0 Å². The number of hydrogen-bond acceptors (Lipinski definition) is 3. The maximum Gasteiger partial charge on any atom is 0.130 e. The van der Waals surface area contributed by atoms with Gasteiger partial charge in [0.15, 0.2) is 0 Å². The largest absolute Gasteiger partial charge is 0.496 e. The molecule has 0 radical (unpaired) electrons. The third-order valence-corrected chi connectivity index (χ3v) is 3.16. The molecule has 4 heteroatoms. The molecule has 0 bridgehead atoms. The summed E-state index contributed by atoms with van der Waals surface area (Å²) >= 11 is 0. The molecule has 2 aromatic rings. The summed E-state index contributed by atoms with van der Waals surface area (Å²) in [4.78, 5) is 0. The number of ether oxygens (including phenoxy) is 2. The van der Waals surface area contributed by atoms with Crippen LogP contribution in [0.25, 0.3) is 11.1 Å². The molecule has 0 atom stereocenters. The number of benzene rings is 1. The van der Waals surface area contributed by atoms with E-state index in [0.29, 0.717) is 0 Å². The SMILES string of the molecule is CCc1nn(C)cc1-c1c(OC)cc(C)cc1OC. The summed E-state index contributed by atoms with van der Waals surface area (Å²) in [5, 5.41) is 4.48. The van der Waals surface area contributed by atoms with E-state index in [4.69, 9.17) is 9.47 Å². The normalized spacial score (nSPS) is 10.6. The smallest absolute Gasteiger partial charge is 0.130 e. The van der Waals surface area contributed by atoms with Crippen molar-refractivity contribution in [3.05, 3.63) is 29.6 Å². The van der Waals surface area contributed by atoms with Crippen LogP contribution in [0.2, 0.25) is 0 Å². The first-order valence-corrected chi connectivity index (χ1v) is 6.36. The summed E-state index contributed by atoms with van der Waals surface area (Å²) in [5.74, 6) is 1.64. The predicted octanol–water partition coefficient (Wildman–Crippen LogP) is 2.98. The predicted molar refractivity (Wildman–Crippen MR) is 75.9 cm³/mol. The van der Waals surface area contributed by atoms with Gasteiger partial charge in [-0.25, -0.2) is 0 Å². The fraction of sp³-hybridized carbons (Fsp3) is 0.400. The van der Waals surface area contributed by atoms with Crippen molar-refractivity contribution in [3.63, 3.8) is 0 Å². The highest BCUT2D eigenvalue weighted by molar-refractivity contribution is 5.78. The Morgan fingerprint density at radius 1 is 1.16 bits per heavy atom. The Kier molecular flexibility index (Phi) is 3.79. The average Bonchev–Trinajstić information content (AvgIpc) is 2.78. The first kappa shape index (κ1) is 13.5. The van der Waals surface area contributed by atoms with Gasteiger partial charge >= 0.3 is 0 Å². The van der Waals surface area contributed by atoms with Crippen LogP contribution < -0.4 is 9.47 Å². The lowest BCUT2D eigenvalue weighted by molar-refractivity contribution is 0.397. The van der Waals surface area contributed by atoms with Gasteiger partial charge < -0.3 is 9.47 Å². The van der Waals surface area contributed by atoms with E-state index in [0.717, 1.165) is 40.3 Å². The standard InChI is InChI=1S/C15H20N2O2/c1-6-12-11(9-17(3)16-12)15-13(18-4)7-10(2)8-14(15)19-5/h7-9H,6H2,1-5H3. The van der Waals surface area contributed by atoms with E-state index in [-0.39, 0.29) is 0 Å². The van der Waals surface area contributed by atoms with Gasteiger partial charge in [0.25, 0.3) is 0 Å². The van der Waals surface area contributed by atoms with E-state index in [1.807, 2.05) is 37.0 Å². The van der Waals surface area contributed by atoms with Gasteiger partial charge in [-0.3, -0.25) is 4.68 Å². The molecule has 4 nitrogen and oxygen atoms in total. The summed E-state index contributed by atoms with van der Waals surface area (Å²) in [6, 6.07) is 4.04. The molecule has 2 rings (SSSR count). The zero-order valence-corrected chi connectivity index (χ0v) is 12.2. The van der Waals surface area contributed by atoms with E-state index in [2.05, 4.69) is 12.0 Å². The van der Waals surface area contributed by atoms with Gasteiger partial charge in [-0.15, -0.1) is 0 Å². The van der Waals surface area contributed by atoms with Crippen LogP contribution in [0.4, 0.5) is 0 Å². The minimum atomic E-state index is 0.819. The number of nitrogens with zero attached hydrogens (tertiary/aromatic N) is 2. The summed E-state index contributed by atoms with van der Waals surface area (Å²) in [6.07, 6.45) is 2.88. The van der Waals surface area contributed by atoms with Gasteiger partial charge in [0.1, 0.15) is 11.5 Å². The molecule has 102 valence electrons. The van der Waals surface area contributed by atoms with E-state index >= 15 is 0 Å².